The second-order valence-electron chi connectivity index (χ2n) is 6.60. The van der Waals surface area contributed by atoms with Crippen molar-refractivity contribution in [2.45, 2.75) is 25.3 Å². The lowest BCUT2D eigenvalue weighted by Crippen LogP contribution is -2.47. The van der Waals surface area contributed by atoms with Gasteiger partial charge in [0.1, 0.15) is 0 Å². The highest BCUT2D eigenvalue weighted by Gasteiger charge is 2.21. The maximum Gasteiger partial charge on any atom is 0.237 e. The van der Waals surface area contributed by atoms with Crippen molar-refractivity contribution in [2.75, 3.05) is 50.7 Å². The zero-order valence-electron chi connectivity index (χ0n) is 14.1. The Hall–Kier alpha value is -1.30. The second kappa shape index (κ2) is 8.70. The number of halogens is 1. The molecule has 1 aromatic carbocycles. The van der Waals surface area contributed by atoms with E-state index in [2.05, 4.69) is 26.5 Å². The number of amides is 1. The van der Waals surface area contributed by atoms with Crippen LogP contribution in [0.2, 0.25) is 5.02 Å². The van der Waals surface area contributed by atoms with Crippen molar-refractivity contribution in [1.29, 1.82) is 0 Å². The molecular weight excluding hydrogens is 324 g/mol. The zero-order valence-corrected chi connectivity index (χ0v) is 14.9. The van der Waals surface area contributed by atoms with Gasteiger partial charge in [-0.25, -0.2) is 0 Å². The predicted molar refractivity (Wildman–Crippen MR) is 98.8 cm³/mol. The fourth-order valence-electron chi connectivity index (χ4n) is 3.45. The molecular formula is C18H27ClN4O. The summed E-state index contributed by atoms with van der Waals surface area (Å²) in [6.45, 7) is 6.95. The summed E-state index contributed by atoms with van der Waals surface area (Å²) in [6, 6.07) is 8.10. The molecule has 0 aromatic heterocycles. The molecule has 0 bridgehead atoms. The standard InChI is InChI=1S/C18H27ClN4O/c19-15-4-1-5-16(14-15)23-12-10-22(11-13-23)9-3-8-21-18(24)17-6-2-7-20-17/h1,4-5,14,17,20H,2-3,6-13H2,(H,21,24)/t17-/m1/s1. The van der Waals surface area contributed by atoms with Crippen LogP contribution in [0.4, 0.5) is 5.69 Å². The normalized spacial score (nSPS) is 21.9. The van der Waals surface area contributed by atoms with Gasteiger partial charge in [-0.1, -0.05) is 17.7 Å². The highest BCUT2D eigenvalue weighted by atomic mass is 35.5. The highest BCUT2D eigenvalue weighted by Crippen LogP contribution is 2.20. The average molecular weight is 351 g/mol. The molecule has 0 radical (unpaired) electrons. The van der Waals surface area contributed by atoms with E-state index in [0.717, 1.165) is 70.1 Å². The molecule has 24 heavy (non-hydrogen) atoms. The lowest BCUT2D eigenvalue weighted by atomic mass is 10.2. The van der Waals surface area contributed by atoms with Crippen LogP contribution in [0.5, 0.6) is 0 Å². The van der Waals surface area contributed by atoms with Crippen molar-refractivity contribution in [3.05, 3.63) is 29.3 Å². The maximum absolute atomic E-state index is 11.9. The van der Waals surface area contributed by atoms with E-state index in [9.17, 15) is 4.79 Å². The number of carbonyl (C=O) groups is 1. The van der Waals surface area contributed by atoms with Crippen LogP contribution < -0.4 is 15.5 Å². The summed E-state index contributed by atoms with van der Waals surface area (Å²) < 4.78 is 0. The van der Waals surface area contributed by atoms with E-state index in [1.165, 1.54) is 5.69 Å². The Morgan fingerprint density at radius 1 is 1.29 bits per heavy atom. The summed E-state index contributed by atoms with van der Waals surface area (Å²) in [5.74, 6) is 0.165. The van der Waals surface area contributed by atoms with E-state index in [0.29, 0.717) is 0 Å². The number of hydrogen-bond acceptors (Lipinski definition) is 4. The molecule has 1 amide bonds. The molecule has 1 aromatic rings. The Balaban J connectivity index is 1.32. The van der Waals surface area contributed by atoms with Crippen LogP contribution in [0.15, 0.2) is 24.3 Å². The molecule has 2 fully saturated rings. The molecule has 2 N–H and O–H groups in total. The molecule has 1 atom stereocenters. The minimum Gasteiger partial charge on any atom is -0.369 e. The van der Waals surface area contributed by atoms with E-state index in [1.54, 1.807) is 0 Å². The first-order chi connectivity index (χ1) is 11.7. The van der Waals surface area contributed by atoms with E-state index in [4.69, 9.17) is 11.6 Å². The van der Waals surface area contributed by atoms with Crippen LogP contribution in [0.25, 0.3) is 0 Å². The first-order valence-electron chi connectivity index (χ1n) is 8.96. The topological polar surface area (TPSA) is 47.6 Å². The first-order valence-corrected chi connectivity index (χ1v) is 9.34. The van der Waals surface area contributed by atoms with E-state index in [-0.39, 0.29) is 11.9 Å². The predicted octanol–water partition coefficient (Wildman–Crippen LogP) is 1.72. The number of carbonyl (C=O) groups excluding carboxylic acids is 1. The number of anilines is 1. The minimum atomic E-state index is 0.0336. The molecule has 6 heteroatoms. The monoisotopic (exact) mass is 350 g/mol. The third-order valence-corrected chi connectivity index (χ3v) is 5.11. The molecule has 0 aliphatic carbocycles. The Labute approximate surface area is 149 Å². The van der Waals surface area contributed by atoms with Gasteiger partial charge in [0, 0.05) is 43.4 Å². The zero-order chi connectivity index (χ0) is 16.8. The SMILES string of the molecule is O=C(NCCCN1CCN(c2cccc(Cl)c2)CC1)[C@H]1CCCN1. The number of piperazine rings is 1. The largest absolute Gasteiger partial charge is 0.369 e. The molecule has 132 valence electrons. The van der Waals surface area contributed by atoms with Crippen molar-refractivity contribution in [1.82, 2.24) is 15.5 Å². The van der Waals surface area contributed by atoms with Gasteiger partial charge in [-0.3, -0.25) is 9.69 Å². The molecule has 2 aliphatic heterocycles. The summed E-state index contributed by atoms with van der Waals surface area (Å²) in [5.41, 5.74) is 1.21. The molecule has 3 rings (SSSR count). The van der Waals surface area contributed by atoms with E-state index in [1.807, 2.05) is 18.2 Å². The van der Waals surface area contributed by atoms with E-state index < -0.39 is 0 Å². The summed E-state index contributed by atoms with van der Waals surface area (Å²) in [6.07, 6.45) is 3.09. The van der Waals surface area contributed by atoms with Crippen LogP contribution in [-0.2, 0) is 4.79 Å². The number of nitrogens with zero attached hydrogens (tertiary/aromatic N) is 2. The summed E-state index contributed by atoms with van der Waals surface area (Å²) in [5, 5.41) is 7.08. The van der Waals surface area contributed by atoms with Gasteiger partial charge >= 0.3 is 0 Å². The highest BCUT2D eigenvalue weighted by molar-refractivity contribution is 6.30. The van der Waals surface area contributed by atoms with Crippen molar-refractivity contribution < 1.29 is 4.79 Å². The van der Waals surface area contributed by atoms with Crippen LogP contribution in [0.3, 0.4) is 0 Å². The summed E-state index contributed by atoms with van der Waals surface area (Å²) >= 11 is 6.07. The second-order valence-corrected chi connectivity index (χ2v) is 7.04. The average Bonchev–Trinajstić information content (AvgIpc) is 3.14. The molecule has 0 saturated carbocycles. The van der Waals surface area contributed by atoms with Crippen LogP contribution in [-0.4, -0.2) is 62.7 Å². The van der Waals surface area contributed by atoms with Crippen molar-refractivity contribution in [3.63, 3.8) is 0 Å². The van der Waals surface area contributed by atoms with Crippen molar-refractivity contribution in [2.24, 2.45) is 0 Å². The maximum atomic E-state index is 11.9. The molecule has 2 aliphatic rings. The Morgan fingerprint density at radius 3 is 2.83 bits per heavy atom. The van der Waals surface area contributed by atoms with Gasteiger partial charge in [0.05, 0.1) is 6.04 Å². The first kappa shape index (κ1) is 17.5. The van der Waals surface area contributed by atoms with Gasteiger partial charge in [0.25, 0.3) is 0 Å². The van der Waals surface area contributed by atoms with Gasteiger partial charge in [-0.2, -0.15) is 0 Å². The number of nitrogens with one attached hydrogen (secondary N) is 2. The quantitative estimate of drug-likeness (QED) is 0.767. The van der Waals surface area contributed by atoms with Gasteiger partial charge in [0.15, 0.2) is 0 Å². The van der Waals surface area contributed by atoms with Gasteiger partial charge in [0.2, 0.25) is 5.91 Å². The minimum absolute atomic E-state index is 0.0336. The van der Waals surface area contributed by atoms with Crippen molar-refractivity contribution >= 4 is 23.2 Å². The van der Waals surface area contributed by atoms with Crippen molar-refractivity contribution in [3.8, 4) is 0 Å². The third kappa shape index (κ3) is 4.85. The third-order valence-electron chi connectivity index (χ3n) is 4.87. The smallest absolute Gasteiger partial charge is 0.237 e. The Bertz CT molecular complexity index is 540. The van der Waals surface area contributed by atoms with Crippen LogP contribution >= 0.6 is 11.6 Å². The molecule has 2 saturated heterocycles. The lowest BCUT2D eigenvalue weighted by Gasteiger charge is -2.36. The number of benzene rings is 1. The Morgan fingerprint density at radius 2 is 2.12 bits per heavy atom. The Kier molecular flexibility index (Phi) is 6.35. The van der Waals surface area contributed by atoms with Gasteiger partial charge < -0.3 is 15.5 Å². The summed E-state index contributed by atoms with van der Waals surface area (Å²) in [7, 11) is 0. The molecule has 5 nitrogen and oxygen atoms in total. The molecule has 2 heterocycles. The fraction of sp³-hybridized carbons (Fsp3) is 0.611. The van der Waals surface area contributed by atoms with Crippen LogP contribution in [0.1, 0.15) is 19.3 Å². The van der Waals surface area contributed by atoms with E-state index >= 15 is 0 Å². The fourth-order valence-corrected chi connectivity index (χ4v) is 3.63. The van der Waals surface area contributed by atoms with Gasteiger partial charge in [-0.15, -0.1) is 0 Å². The van der Waals surface area contributed by atoms with Crippen LogP contribution in [0, 0.1) is 0 Å². The molecule has 0 spiro atoms. The number of hydrogen-bond donors (Lipinski definition) is 2. The lowest BCUT2D eigenvalue weighted by molar-refractivity contribution is -0.122. The molecule has 0 unspecified atom stereocenters. The van der Waals surface area contributed by atoms with Gasteiger partial charge in [-0.05, 0) is 50.6 Å². The number of rotatable bonds is 6. The summed E-state index contributed by atoms with van der Waals surface area (Å²) in [4.78, 5) is 16.8.